The summed E-state index contributed by atoms with van der Waals surface area (Å²) in [5.41, 5.74) is 1.87. The van der Waals surface area contributed by atoms with Crippen LogP contribution in [0.3, 0.4) is 0 Å². The van der Waals surface area contributed by atoms with Crippen LogP contribution in [0.1, 0.15) is 24.1 Å². The number of thiazole rings is 1. The van der Waals surface area contributed by atoms with Crippen LogP contribution in [0.2, 0.25) is 0 Å². The second-order valence-electron chi connectivity index (χ2n) is 4.32. The lowest BCUT2D eigenvalue weighted by atomic mass is 10.1. The normalized spacial score (nSPS) is 17.4. The molecule has 4 nitrogen and oxygen atoms in total. The minimum Gasteiger partial charge on any atom is -0.378 e. The third-order valence-electron chi connectivity index (χ3n) is 2.92. The van der Waals surface area contributed by atoms with Crippen molar-refractivity contribution in [3.8, 4) is 0 Å². The van der Waals surface area contributed by atoms with Gasteiger partial charge in [-0.25, -0.2) is 0 Å². The van der Waals surface area contributed by atoms with E-state index in [1.165, 1.54) is 4.88 Å². The van der Waals surface area contributed by atoms with Gasteiger partial charge in [0.2, 0.25) is 0 Å². The molecule has 0 aromatic carbocycles. The van der Waals surface area contributed by atoms with E-state index in [1.807, 2.05) is 11.7 Å². The Bertz CT molecular complexity index is 286. The lowest BCUT2D eigenvalue weighted by Crippen LogP contribution is -2.32. The van der Waals surface area contributed by atoms with E-state index in [4.69, 9.17) is 4.74 Å². The Balaban J connectivity index is 1.43. The van der Waals surface area contributed by atoms with E-state index in [-0.39, 0.29) is 0 Å². The van der Waals surface area contributed by atoms with Gasteiger partial charge in [-0.1, -0.05) is 0 Å². The lowest BCUT2D eigenvalue weighted by molar-refractivity contribution is 0.0317. The molecule has 1 fully saturated rings. The van der Waals surface area contributed by atoms with Gasteiger partial charge in [-0.05, 0) is 38.9 Å². The Morgan fingerprint density at radius 1 is 1.47 bits per heavy atom. The van der Waals surface area contributed by atoms with Crippen molar-refractivity contribution >= 4 is 11.3 Å². The van der Waals surface area contributed by atoms with Crippen molar-refractivity contribution in [1.29, 1.82) is 0 Å². The van der Waals surface area contributed by atoms with Gasteiger partial charge in [0.05, 0.1) is 11.6 Å². The van der Waals surface area contributed by atoms with Crippen molar-refractivity contribution in [3.63, 3.8) is 0 Å². The van der Waals surface area contributed by atoms with Gasteiger partial charge in [-0.15, -0.1) is 11.3 Å². The Kier molecular flexibility index (Phi) is 5.92. The monoisotopic (exact) mass is 255 g/mol. The molecule has 2 N–H and O–H groups in total. The summed E-state index contributed by atoms with van der Waals surface area (Å²) in [7, 11) is 0. The van der Waals surface area contributed by atoms with Gasteiger partial charge in [0, 0.05) is 24.2 Å². The summed E-state index contributed by atoms with van der Waals surface area (Å²) in [4.78, 5) is 5.34. The van der Waals surface area contributed by atoms with Crippen molar-refractivity contribution in [2.75, 3.05) is 26.2 Å². The van der Waals surface area contributed by atoms with E-state index in [2.05, 4.69) is 15.6 Å². The first-order chi connectivity index (χ1) is 8.45. The van der Waals surface area contributed by atoms with Crippen LogP contribution in [-0.2, 0) is 11.3 Å². The fourth-order valence-corrected chi connectivity index (χ4v) is 2.51. The van der Waals surface area contributed by atoms with Gasteiger partial charge in [-0.2, -0.15) is 0 Å². The largest absolute Gasteiger partial charge is 0.378 e. The lowest BCUT2D eigenvalue weighted by Gasteiger charge is -2.22. The maximum atomic E-state index is 5.83. The maximum absolute atomic E-state index is 5.83. The fraction of sp³-hybridized carbons (Fsp3) is 0.750. The number of rotatable bonds is 7. The average Bonchev–Trinajstić information content (AvgIpc) is 2.88. The SMILES string of the molecule is c1ncc(CNCCCOC2CCNCC2)s1. The molecule has 0 bridgehead atoms. The zero-order chi connectivity index (χ0) is 11.8. The molecule has 96 valence electrons. The van der Waals surface area contributed by atoms with Crippen LogP contribution >= 0.6 is 11.3 Å². The van der Waals surface area contributed by atoms with Crippen LogP contribution in [0.15, 0.2) is 11.7 Å². The van der Waals surface area contributed by atoms with Crippen LogP contribution in [0.25, 0.3) is 0 Å². The predicted molar refractivity (Wildman–Crippen MR) is 70.3 cm³/mol. The standard InChI is InChI=1S/C12H21N3OS/c1(4-14-8-12-9-15-10-17-12)7-16-11-2-5-13-6-3-11/h9-11,13-14H,1-8H2. The molecular formula is C12H21N3OS. The number of hydrogen-bond acceptors (Lipinski definition) is 5. The van der Waals surface area contributed by atoms with Crippen molar-refractivity contribution in [1.82, 2.24) is 15.6 Å². The molecule has 2 rings (SSSR count). The summed E-state index contributed by atoms with van der Waals surface area (Å²) in [6, 6.07) is 0. The Labute approximate surface area is 107 Å². The first-order valence-electron chi connectivity index (χ1n) is 6.35. The molecule has 1 aliphatic rings. The minimum absolute atomic E-state index is 0.484. The van der Waals surface area contributed by atoms with Gasteiger partial charge in [0.15, 0.2) is 0 Å². The molecule has 2 heterocycles. The number of nitrogens with one attached hydrogen (secondary N) is 2. The number of ether oxygens (including phenoxy) is 1. The van der Waals surface area contributed by atoms with Crippen LogP contribution in [0.5, 0.6) is 0 Å². The highest BCUT2D eigenvalue weighted by molar-refractivity contribution is 7.09. The van der Waals surface area contributed by atoms with E-state index in [0.717, 1.165) is 52.0 Å². The van der Waals surface area contributed by atoms with E-state index >= 15 is 0 Å². The van der Waals surface area contributed by atoms with Crippen LogP contribution in [0.4, 0.5) is 0 Å². The van der Waals surface area contributed by atoms with Crippen molar-refractivity contribution < 1.29 is 4.74 Å². The van der Waals surface area contributed by atoms with Gasteiger partial charge in [0.1, 0.15) is 0 Å². The number of hydrogen-bond donors (Lipinski definition) is 2. The molecule has 0 amide bonds. The minimum atomic E-state index is 0.484. The third kappa shape index (κ3) is 5.12. The molecule has 0 atom stereocenters. The molecule has 0 saturated carbocycles. The Hall–Kier alpha value is -0.490. The molecule has 1 aromatic heterocycles. The van der Waals surface area contributed by atoms with E-state index in [0.29, 0.717) is 6.10 Å². The zero-order valence-electron chi connectivity index (χ0n) is 10.2. The molecule has 0 unspecified atom stereocenters. The molecular weight excluding hydrogens is 234 g/mol. The van der Waals surface area contributed by atoms with E-state index in [9.17, 15) is 0 Å². The molecule has 0 radical (unpaired) electrons. The highest BCUT2D eigenvalue weighted by Crippen LogP contribution is 2.07. The second-order valence-corrected chi connectivity index (χ2v) is 5.29. The molecule has 0 spiro atoms. The summed E-state index contributed by atoms with van der Waals surface area (Å²) < 4.78 is 5.83. The topological polar surface area (TPSA) is 46.2 Å². The summed E-state index contributed by atoms with van der Waals surface area (Å²) in [5, 5.41) is 6.75. The van der Waals surface area contributed by atoms with Crippen molar-refractivity contribution in [3.05, 3.63) is 16.6 Å². The molecule has 5 heteroatoms. The summed E-state index contributed by atoms with van der Waals surface area (Å²) in [6.45, 7) is 5.03. The van der Waals surface area contributed by atoms with E-state index < -0.39 is 0 Å². The zero-order valence-corrected chi connectivity index (χ0v) is 11.0. The fourth-order valence-electron chi connectivity index (χ4n) is 1.95. The second kappa shape index (κ2) is 7.76. The Morgan fingerprint density at radius 3 is 3.12 bits per heavy atom. The number of nitrogens with zero attached hydrogens (tertiary/aromatic N) is 1. The maximum Gasteiger partial charge on any atom is 0.0794 e. The predicted octanol–water partition coefficient (Wildman–Crippen LogP) is 1.39. The average molecular weight is 255 g/mol. The van der Waals surface area contributed by atoms with Gasteiger partial charge < -0.3 is 15.4 Å². The summed E-state index contributed by atoms with van der Waals surface area (Å²) in [6.07, 6.45) is 5.81. The van der Waals surface area contributed by atoms with Gasteiger partial charge in [-0.3, -0.25) is 4.98 Å². The van der Waals surface area contributed by atoms with Crippen LogP contribution in [0, 0.1) is 0 Å². The first-order valence-corrected chi connectivity index (χ1v) is 7.23. The van der Waals surface area contributed by atoms with E-state index in [1.54, 1.807) is 11.3 Å². The highest BCUT2D eigenvalue weighted by Gasteiger charge is 2.12. The smallest absolute Gasteiger partial charge is 0.0794 e. The van der Waals surface area contributed by atoms with Crippen molar-refractivity contribution in [2.45, 2.75) is 31.9 Å². The molecule has 17 heavy (non-hydrogen) atoms. The highest BCUT2D eigenvalue weighted by atomic mass is 32.1. The quantitative estimate of drug-likeness (QED) is 0.723. The molecule has 1 aliphatic heterocycles. The molecule has 1 aromatic rings. The van der Waals surface area contributed by atoms with Crippen molar-refractivity contribution in [2.24, 2.45) is 0 Å². The molecule has 1 saturated heterocycles. The number of aromatic nitrogens is 1. The van der Waals surface area contributed by atoms with Crippen LogP contribution < -0.4 is 10.6 Å². The van der Waals surface area contributed by atoms with Gasteiger partial charge >= 0.3 is 0 Å². The third-order valence-corrected chi connectivity index (χ3v) is 3.70. The van der Waals surface area contributed by atoms with Crippen LogP contribution in [-0.4, -0.2) is 37.3 Å². The summed E-state index contributed by atoms with van der Waals surface area (Å²) >= 11 is 1.70. The first kappa shape index (κ1) is 13.0. The summed E-state index contributed by atoms with van der Waals surface area (Å²) in [5.74, 6) is 0. The number of piperidine rings is 1. The molecule has 0 aliphatic carbocycles. The Morgan fingerprint density at radius 2 is 2.35 bits per heavy atom. The van der Waals surface area contributed by atoms with Gasteiger partial charge in [0.25, 0.3) is 0 Å².